The molecule has 4 heteroatoms. The van der Waals surface area contributed by atoms with Gasteiger partial charge in [0.25, 0.3) is 0 Å². The second-order valence-corrected chi connectivity index (χ2v) is 2.45. The van der Waals surface area contributed by atoms with Crippen molar-refractivity contribution in [3.8, 4) is 5.40 Å². The molecule has 0 radical (unpaired) electrons. The number of aromatic nitrogens is 1. The fourth-order valence-corrected chi connectivity index (χ4v) is 0.883. The van der Waals surface area contributed by atoms with Crippen LogP contribution in [0.15, 0.2) is 29.4 Å². The Morgan fingerprint density at radius 2 is 2.10 bits per heavy atom. The van der Waals surface area contributed by atoms with E-state index in [-0.39, 0.29) is 0 Å². The van der Waals surface area contributed by atoms with Gasteiger partial charge in [0.05, 0.1) is 0 Å². The molecule has 0 N–H and O–H groups in total. The van der Waals surface area contributed by atoms with Gasteiger partial charge in [-0.25, -0.2) is 0 Å². The lowest BCUT2D eigenvalue weighted by Gasteiger charge is -1.93. The molecule has 1 aromatic heterocycles. The van der Waals surface area contributed by atoms with Crippen LogP contribution in [0, 0.1) is 15.9 Å². The summed E-state index contributed by atoms with van der Waals surface area (Å²) in [5.41, 5.74) is 0. The van der Waals surface area contributed by atoms with Crippen molar-refractivity contribution in [1.29, 1.82) is 5.26 Å². The van der Waals surface area contributed by atoms with E-state index in [1.54, 1.807) is 12.1 Å². The number of pyridine rings is 1. The molecule has 50 valence electrons. The molecule has 3 nitrogen and oxygen atoms in total. The standard InChI is InChI=1S/C6H4N2OS/c7-5-10-6-1-3-8(9)4-2-6/h1-4H. The zero-order valence-electron chi connectivity index (χ0n) is 5.02. The third-order valence-electron chi connectivity index (χ3n) is 0.935. The molecule has 1 rings (SSSR count). The Hall–Kier alpha value is -1.21. The van der Waals surface area contributed by atoms with Gasteiger partial charge in [0, 0.05) is 17.0 Å². The predicted octanol–water partition coefficient (Wildman–Crippen LogP) is 0.893. The van der Waals surface area contributed by atoms with Crippen LogP contribution in [0.4, 0.5) is 0 Å². The molecule has 0 aliphatic heterocycles. The largest absolute Gasteiger partial charge is 0.619 e. The van der Waals surface area contributed by atoms with Crippen molar-refractivity contribution < 1.29 is 4.73 Å². The fourth-order valence-electron chi connectivity index (χ4n) is 0.520. The third-order valence-corrected chi connectivity index (χ3v) is 1.53. The molecular weight excluding hydrogens is 148 g/mol. The topological polar surface area (TPSA) is 50.7 Å². The average Bonchev–Trinajstić information content (AvgIpc) is 1.95. The maximum Gasteiger partial charge on any atom is 0.181 e. The molecule has 1 heterocycles. The number of rotatable bonds is 1. The fraction of sp³-hybridized carbons (Fsp3) is 0. The van der Waals surface area contributed by atoms with E-state index in [0.29, 0.717) is 4.73 Å². The third kappa shape index (κ3) is 1.64. The van der Waals surface area contributed by atoms with Crippen molar-refractivity contribution in [3.05, 3.63) is 29.7 Å². The number of thiocyanates is 1. The molecule has 0 aromatic carbocycles. The lowest BCUT2D eigenvalue weighted by Crippen LogP contribution is -2.23. The first-order chi connectivity index (χ1) is 4.83. The van der Waals surface area contributed by atoms with E-state index in [0.717, 1.165) is 16.7 Å². The Bertz CT molecular complexity index is 251. The van der Waals surface area contributed by atoms with Crippen LogP contribution >= 0.6 is 11.8 Å². The average molecular weight is 152 g/mol. The van der Waals surface area contributed by atoms with Crippen molar-refractivity contribution in [3.63, 3.8) is 0 Å². The highest BCUT2D eigenvalue weighted by atomic mass is 32.2. The Labute approximate surface area is 62.5 Å². The summed E-state index contributed by atoms with van der Waals surface area (Å²) in [7, 11) is 0. The highest BCUT2D eigenvalue weighted by Crippen LogP contribution is 2.12. The Kier molecular flexibility index (Phi) is 2.13. The summed E-state index contributed by atoms with van der Waals surface area (Å²) in [5.74, 6) is 0. The van der Waals surface area contributed by atoms with Crippen LogP contribution in [-0.4, -0.2) is 0 Å². The second kappa shape index (κ2) is 3.08. The minimum atomic E-state index is 0.682. The summed E-state index contributed by atoms with van der Waals surface area (Å²) in [6, 6.07) is 3.20. The van der Waals surface area contributed by atoms with Crippen LogP contribution in [0.5, 0.6) is 0 Å². The number of thioether (sulfide) groups is 1. The number of hydrogen-bond donors (Lipinski definition) is 0. The molecular formula is C6H4N2OS. The Morgan fingerprint density at radius 3 is 2.60 bits per heavy atom. The molecule has 10 heavy (non-hydrogen) atoms. The van der Waals surface area contributed by atoms with Gasteiger partial charge in [-0.3, -0.25) is 0 Å². The van der Waals surface area contributed by atoms with E-state index in [1.807, 2.05) is 5.40 Å². The van der Waals surface area contributed by atoms with E-state index in [4.69, 9.17) is 5.26 Å². The monoisotopic (exact) mass is 152 g/mol. The summed E-state index contributed by atoms with van der Waals surface area (Å²) in [6.07, 6.45) is 2.72. The summed E-state index contributed by atoms with van der Waals surface area (Å²) < 4.78 is 0.682. The zero-order chi connectivity index (χ0) is 7.40. The molecule has 0 bridgehead atoms. The minimum absolute atomic E-state index is 0.682. The summed E-state index contributed by atoms with van der Waals surface area (Å²) in [6.45, 7) is 0. The summed E-state index contributed by atoms with van der Waals surface area (Å²) in [4.78, 5) is 0.787. The van der Waals surface area contributed by atoms with Gasteiger partial charge in [0.2, 0.25) is 0 Å². The molecule has 0 aliphatic carbocycles. The van der Waals surface area contributed by atoms with Crippen LogP contribution in [0.25, 0.3) is 0 Å². The van der Waals surface area contributed by atoms with Gasteiger partial charge in [-0.2, -0.15) is 9.99 Å². The Morgan fingerprint density at radius 1 is 1.50 bits per heavy atom. The quantitative estimate of drug-likeness (QED) is 0.260. The first-order valence-corrected chi connectivity index (χ1v) is 3.39. The second-order valence-electron chi connectivity index (χ2n) is 1.59. The lowest BCUT2D eigenvalue weighted by molar-refractivity contribution is -0.605. The van der Waals surface area contributed by atoms with Gasteiger partial charge in [0.15, 0.2) is 12.4 Å². The van der Waals surface area contributed by atoms with E-state index in [9.17, 15) is 5.21 Å². The number of hydrogen-bond acceptors (Lipinski definition) is 3. The van der Waals surface area contributed by atoms with Crippen LogP contribution < -0.4 is 4.73 Å². The van der Waals surface area contributed by atoms with Crippen molar-refractivity contribution in [2.45, 2.75) is 4.90 Å². The van der Waals surface area contributed by atoms with Gasteiger partial charge < -0.3 is 5.21 Å². The van der Waals surface area contributed by atoms with Crippen molar-refractivity contribution >= 4 is 11.8 Å². The number of nitrogens with zero attached hydrogens (tertiary/aromatic N) is 2. The van der Waals surface area contributed by atoms with E-state index < -0.39 is 0 Å². The maximum atomic E-state index is 10.5. The maximum absolute atomic E-state index is 10.5. The zero-order valence-corrected chi connectivity index (χ0v) is 5.84. The van der Waals surface area contributed by atoms with Gasteiger partial charge >= 0.3 is 0 Å². The van der Waals surface area contributed by atoms with Gasteiger partial charge in [-0.1, -0.05) is 0 Å². The van der Waals surface area contributed by atoms with Crippen LogP contribution in [0.1, 0.15) is 0 Å². The van der Waals surface area contributed by atoms with E-state index >= 15 is 0 Å². The lowest BCUT2D eigenvalue weighted by atomic mass is 10.5. The highest BCUT2D eigenvalue weighted by molar-refractivity contribution is 8.03. The molecule has 0 aliphatic rings. The van der Waals surface area contributed by atoms with Gasteiger partial charge in [0.1, 0.15) is 5.40 Å². The smallest absolute Gasteiger partial charge is 0.181 e. The molecule has 0 atom stereocenters. The van der Waals surface area contributed by atoms with E-state index in [2.05, 4.69) is 0 Å². The van der Waals surface area contributed by atoms with Crippen LogP contribution in [-0.2, 0) is 0 Å². The van der Waals surface area contributed by atoms with E-state index in [1.165, 1.54) is 12.4 Å². The minimum Gasteiger partial charge on any atom is -0.619 e. The van der Waals surface area contributed by atoms with Crippen LogP contribution in [0.3, 0.4) is 0 Å². The molecule has 0 saturated heterocycles. The summed E-state index contributed by atoms with van der Waals surface area (Å²) >= 11 is 1.04. The first-order valence-electron chi connectivity index (χ1n) is 2.57. The summed E-state index contributed by atoms with van der Waals surface area (Å²) in [5, 5.41) is 20.6. The molecule has 0 fully saturated rings. The normalized spacial score (nSPS) is 8.70. The first kappa shape index (κ1) is 6.90. The molecule has 0 unspecified atom stereocenters. The number of nitriles is 1. The molecule has 1 aromatic rings. The molecule has 0 saturated carbocycles. The van der Waals surface area contributed by atoms with Crippen molar-refractivity contribution in [2.24, 2.45) is 0 Å². The molecule has 0 spiro atoms. The van der Waals surface area contributed by atoms with Crippen molar-refractivity contribution in [1.82, 2.24) is 0 Å². The molecule has 0 amide bonds. The SMILES string of the molecule is N#CSc1cc[n+]([O-])cc1. The van der Waals surface area contributed by atoms with Gasteiger partial charge in [-0.15, -0.1) is 0 Å². The predicted molar refractivity (Wildman–Crippen MR) is 36.9 cm³/mol. The highest BCUT2D eigenvalue weighted by Gasteiger charge is 1.92. The van der Waals surface area contributed by atoms with Crippen molar-refractivity contribution in [2.75, 3.05) is 0 Å². The van der Waals surface area contributed by atoms with Crippen LogP contribution in [0.2, 0.25) is 0 Å². The van der Waals surface area contributed by atoms with Gasteiger partial charge in [-0.05, 0) is 11.8 Å². The Balaban J connectivity index is 2.81.